The third kappa shape index (κ3) is 3.86. The highest BCUT2D eigenvalue weighted by atomic mass is 16.2. The predicted octanol–water partition coefficient (Wildman–Crippen LogP) is 0.847. The number of carbonyl (C=O) groups is 3. The van der Waals surface area contributed by atoms with Crippen LogP contribution in [0.3, 0.4) is 0 Å². The molecule has 1 aromatic rings. The summed E-state index contributed by atoms with van der Waals surface area (Å²) in [6, 6.07) is 5.19. The van der Waals surface area contributed by atoms with Crippen molar-refractivity contribution in [1.82, 2.24) is 20.9 Å². The minimum atomic E-state index is -0.567. The van der Waals surface area contributed by atoms with Crippen molar-refractivity contribution in [2.24, 2.45) is 0 Å². The number of hydrogen-bond donors (Lipinski definition) is 3. The van der Waals surface area contributed by atoms with Gasteiger partial charge in [0, 0.05) is 31.6 Å². The van der Waals surface area contributed by atoms with Crippen LogP contribution in [0.15, 0.2) is 29.8 Å². The molecule has 148 valence electrons. The van der Waals surface area contributed by atoms with Crippen LogP contribution in [-0.2, 0) is 22.7 Å². The Labute approximate surface area is 164 Å². The fraction of sp³-hybridized carbons (Fsp3) is 0.476. The molecule has 2 fully saturated rings. The van der Waals surface area contributed by atoms with Crippen LogP contribution >= 0.6 is 0 Å². The second kappa shape index (κ2) is 8.24. The zero-order valence-electron chi connectivity index (χ0n) is 15.9. The Hall–Kier alpha value is -2.51. The van der Waals surface area contributed by atoms with Crippen molar-refractivity contribution in [3.05, 3.63) is 46.5 Å². The smallest absolute Gasteiger partial charge is 0.255 e. The Kier molecular flexibility index (Phi) is 5.54. The molecule has 0 bridgehead atoms. The summed E-state index contributed by atoms with van der Waals surface area (Å²) in [7, 11) is 0. The van der Waals surface area contributed by atoms with E-state index in [2.05, 4.69) is 22.0 Å². The van der Waals surface area contributed by atoms with E-state index < -0.39 is 6.04 Å². The summed E-state index contributed by atoms with van der Waals surface area (Å²) in [6.07, 6.45) is 5.15. The van der Waals surface area contributed by atoms with Crippen LogP contribution in [0.25, 0.3) is 0 Å². The average Bonchev–Trinajstić information content (AvgIpc) is 3.03. The van der Waals surface area contributed by atoms with Gasteiger partial charge in [-0.1, -0.05) is 23.8 Å². The topological polar surface area (TPSA) is 90.5 Å². The number of rotatable bonds is 5. The van der Waals surface area contributed by atoms with Gasteiger partial charge in [-0.3, -0.25) is 19.7 Å². The molecule has 2 saturated heterocycles. The fourth-order valence-corrected chi connectivity index (χ4v) is 4.19. The zero-order valence-corrected chi connectivity index (χ0v) is 15.9. The maximum absolute atomic E-state index is 12.8. The maximum atomic E-state index is 12.8. The maximum Gasteiger partial charge on any atom is 0.255 e. The SMILES string of the molecule is O=C1CCC(N2Cc3c(CNCC=C4CCNCC4)cccc3C2=O)C(=O)N1. The Bertz CT molecular complexity index is 825. The van der Waals surface area contributed by atoms with Crippen molar-refractivity contribution in [2.75, 3.05) is 19.6 Å². The summed E-state index contributed by atoms with van der Waals surface area (Å²) in [6.45, 7) is 4.02. The molecule has 0 saturated carbocycles. The van der Waals surface area contributed by atoms with Crippen molar-refractivity contribution in [3.63, 3.8) is 0 Å². The van der Waals surface area contributed by atoms with Crippen molar-refractivity contribution in [1.29, 1.82) is 0 Å². The highest BCUT2D eigenvalue weighted by molar-refractivity contribution is 6.05. The highest BCUT2D eigenvalue weighted by Crippen LogP contribution is 2.29. The van der Waals surface area contributed by atoms with E-state index in [1.807, 2.05) is 18.2 Å². The van der Waals surface area contributed by atoms with E-state index in [9.17, 15) is 14.4 Å². The van der Waals surface area contributed by atoms with Crippen molar-refractivity contribution in [3.8, 4) is 0 Å². The lowest BCUT2D eigenvalue weighted by Crippen LogP contribution is -2.52. The molecule has 0 aromatic heterocycles. The lowest BCUT2D eigenvalue weighted by Gasteiger charge is -2.29. The molecule has 3 aliphatic heterocycles. The predicted molar refractivity (Wildman–Crippen MR) is 104 cm³/mol. The van der Waals surface area contributed by atoms with Crippen LogP contribution < -0.4 is 16.0 Å². The molecule has 1 atom stereocenters. The lowest BCUT2D eigenvalue weighted by molar-refractivity contribution is -0.136. The molecule has 4 rings (SSSR count). The third-order valence-corrected chi connectivity index (χ3v) is 5.78. The normalized spacial score (nSPS) is 22.3. The summed E-state index contributed by atoms with van der Waals surface area (Å²) < 4.78 is 0. The largest absolute Gasteiger partial charge is 0.322 e. The van der Waals surface area contributed by atoms with Crippen LogP contribution in [0, 0.1) is 0 Å². The molecule has 3 aliphatic rings. The van der Waals surface area contributed by atoms with Gasteiger partial charge in [-0.25, -0.2) is 0 Å². The first kappa shape index (κ1) is 18.8. The molecule has 3 N–H and O–H groups in total. The van der Waals surface area contributed by atoms with Gasteiger partial charge in [0.15, 0.2) is 0 Å². The van der Waals surface area contributed by atoms with Crippen molar-refractivity contribution < 1.29 is 14.4 Å². The van der Waals surface area contributed by atoms with Gasteiger partial charge in [0.2, 0.25) is 11.8 Å². The molecule has 1 aromatic carbocycles. The molecular weight excluding hydrogens is 356 g/mol. The van der Waals surface area contributed by atoms with Gasteiger partial charge >= 0.3 is 0 Å². The van der Waals surface area contributed by atoms with E-state index in [1.54, 1.807) is 4.90 Å². The van der Waals surface area contributed by atoms with E-state index in [0.29, 0.717) is 25.1 Å². The number of nitrogens with one attached hydrogen (secondary N) is 3. The number of benzene rings is 1. The number of imide groups is 1. The molecule has 7 heteroatoms. The quantitative estimate of drug-likeness (QED) is 0.399. The van der Waals surface area contributed by atoms with Gasteiger partial charge in [-0.15, -0.1) is 0 Å². The highest BCUT2D eigenvalue weighted by Gasteiger charge is 2.39. The third-order valence-electron chi connectivity index (χ3n) is 5.78. The number of amides is 3. The van der Waals surface area contributed by atoms with Gasteiger partial charge in [0.1, 0.15) is 6.04 Å². The van der Waals surface area contributed by atoms with Crippen molar-refractivity contribution in [2.45, 2.75) is 44.8 Å². The molecule has 1 unspecified atom stereocenters. The number of carbonyl (C=O) groups excluding carboxylic acids is 3. The molecule has 28 heavy (non-hydrogen) atoms. The van der Waals surface area contributed by atoms with Gasteiger partial charge in [-0.2, -0.15) is 0 Å². The monoisotopic (exact) mass is 382 g/mol. The number of fused-ring (bicyclic) bond motifs is 1. The van der Waals surface area contributed by atoms with E-state index in [0.717, 1.165) is 43.6 Å². The fourth-order valence-electron chi connectivity index (χ4n) is 4.19. The molecule has 0 spiro atoms. The molecular formula is C21H26N4O3. The van der Waals surface area contributed by atoms with Crippen LogP contribution in [-0.4, -0.2) is 48.3 Å². The number of piperidine rings is 2. The zero-order chi connectivity index (χ0) is 19.5. The molecule has 0 aliphatic carbocycles. The summed E-state index contributed by atoms with van der Waals surface area (Å²) in [4.78, 5) is 38.0. The first-order chi connectivity index (χ1) is 13.6. The number of nitrogens with zero attached hydrogens (tertiary/aromatic N) is 1. The lowest BCUT2D eigenvalue weighted by atomic mass is 10.0. The summed E-state index contributed by atoms with van der Waals surface area (Å²) in [5.41, 5.74) is 4.23. The van der Waals surface area contributed by atoms with Gasteiger partial charge in [0.25, 0.3) is 5.91 Å². The average molecular weight is 382 g/mol. The minimum Gasteiger partial charge on any atom is -0.322 e. The van der Waals surface area contributed by atoms with Crippen LogP contribution in [0.2, 0.25) is 0 Å². The Morgan fingerprint density at radius 3 is 2.75 bits per heavy atom. The molecule has 3 amide bonds. The molecule has 3 heterocycles. The molecule has 0 radical (unpaired) electrons. The summed E-state index contributed by atoms with van der Waals surface area (Å²) >= 11 is 0. The second-order valence-corrected chi connectivity index (χ2v) is 7.59. The van der Waals surface area contributed by atoms with Crippen molar-refractivity contribution >= 4 is 17.7 Å². The van der Waals surface area contributed by atoms with Gasteiger partial charge in [0.05, 0.1) is 0 Å². The minimum absolute atomic E-state index is 0.122. The van der Waals surface area contributed by atoms with E-state index in [4.69, 9.17) is 0 Å². The first-order valence-electron chi connectivity index (χ1n) is 9.98. The Balaban J connectivity index is 1.41. The van der Waals surface area contributed by atoms with Gasteiger partial charge < -0.3 is 15.5 Å². The Morgan fingerprint density at radius 1 is 1.14 bits per heavy atom. The first-order valence-corrected chi connectivity index (χ1v) is 9.98. The van der Waals surface area contributed by atoms with E-state index in [1.165, 1.54) is 5.57 Å². The standard InChI is InChI=1S/C21H26N4O3/c26-19-5-4-18(20(27)24-19)25-13-17-15(2-1-3-16(17)21(25)28)12-23-11-8-14-6-9-22-10-7-14/h1-3,8,18,22-23H,4-7,9-13H2,(H,24,26,27). The van der Waals surface area contributed by atoms with Gasteiger partial charge in [-0.05, 0) is 49.5 Å². The summed E-state index contributed by atoms with van der Waals surface area (Å²) in [5.74, 6) is -0.757. The van der Waals surface area contributed by atoms with Crippen LogP contribution in [0.5, 0.6) is 0 Å². The van der Waals surface area contributed by atoms with Crippen LogP contribution in [0.1, 0.15) is 47.2 Å². The second-order valence-electron chi connectivity index (χ2n) is 7.59. The van der Waals surface area contributed by atoms with Crippen LogP contribution in [0.4, 0.5) is 0 Å². The van der Waals surface area contributed by atoms with E-state index >= 15 is 0 Å². The number of hydrogen-bond acceptors (Lipinski definition) is 5. The summed E-state index contributed by atoms with van der Waals surface area (Å²) in [5, 5.41) is 9.15. The molecule has 7 nitrogen and oxygen atoms in total. The van der Waals surface area contributed by atoms with E-state index in [-0.39, 0.29) is 24.1 Å². The Morgan fingerprint density at radius 2 is 1.96 bits per heavy atom.